The lowest BCUT2D eigenvalue weighted by atomic mass is 9.97. The highest BCUT2D eigenvalue weighted by Gasteiger charge is 2.30. The lowest BCUT2D eigenvalue weighted by Crippen LogP contribution is -2.36. The van der Waals surface area contributed by atoms with Crippen LogP contribution in [0.4, 0.5) is 0 Å². The third-order valence-electron chi connectivity index (χ3n) is 5.44. The van der Waals surface area contributed by atoms with Crippen molar-refractivity contribution in [3.05, 3.63) is 108 Å². The van der Waals surface area contributed by atoms with Crippen LogP contribution in [0.15, 0.2) is 91.0 Å². The van der Waals surface area contributed by atoms with Crippen molar-refractivity contribution < 1.29 is 4.79 Å². The molecule has 0 aliphatic carbocycles. The highest BCUT2D eigenvalue weighted by atomic mass is 16.2. The number of benzene rings is 3. The summed E-state index contributed by atoms with van der Waals surface area (Å²) in [7, 11) is 0. The predicted octanol–water partition coefficient (Wildman–Crippen LogP) is 4.41. The number of nitrogens with one attached hydrogen (secondary N) is 1. The largest absolute Gasteiger partial charge is 0.345 e. The molecule has 1 saturated heterocycles. The molecule has 1 atom stereocenters. The van der Waals surface area contributed by atoms with Gasteiger partial charge in [0.25, 0.3) is 0 Å². The van der Waals surface area contributed by atoms with E-state index in [1.54, 1.807) is 0 Å². The van der Waals surface area contributed by atoms with Gasteiger partial charge in [0.2, 0.25) is 5.91 Å². The van der Waals surface area contributed by atoms with Gasteiger partial charge in [-0.15, -0.1) is 0 Å². The summed E-state index contributed by atoms with van der Waals surface area (Å²) in [5.74, 6) is 0.187. The zero-order chi connectivity index (χ0) is 19.2. The lowest BCUT2D eigenvalue weighted by molar-refractivity contribution is -0.125. The molecular weight excluding hydrogens is 344 g/mol. The van der Waals surface area contributed by atoms with E-state index < -0.39 is 0 Å². The molecule has 4 rings (SSSR count). The Morgan fingerprint density at radius 2 is 1.39 bits per heavy atom. The summed E-state index contributed by atoms with van der Waals surface area (Å²) in [6.45, 7) is 2.69. The molecule has 3 aromatic rings. The van der Waals surface area contributed by atoms with Crippen LogP contribution in [0.1, 0.15) is 29.2 Å². The first-order valence-corrected chi connectivity index (χ1v) is 9.96. The van der Waals surface area contributed by atoms with Crippen molar-refractivity contribution in [3.8, 4) is 0 Å². The monoisotopic (exact) mass is 370 g/mol. The Labute approximate surface area is 167 Å². The molecule has 0 radical (unpaired) electrons. The number of hydrogen-bond donors (Lipinski definition) is 1. The summed E-state index contributed by atoms with van der Waals surface area (Å²) in [5, 5.41) is 3.31. The first kappa shape index (κ1) is 18.5. The van der Waals surface area contributed by atoms with Gasteiger partial charge in [0.15, 0.2) is 0 Å². The van der Waals surface area contributed by atoms with Gasteiger partial charge in [-0.2, -0.15) is 0 Å². The third-order valence-corrected chi connectivity index (χ3v) is 5.44. The molecule has 1 unspecified atom stereocenters. The molecule has 142 valence electrons. The van der Waals surface area contributed by atoms with Gasteiger partial charge in [-0.1, -0.05) is 91.0 Å². The Morgan fingerprint density at radius 1 is 0.857 bits per heavy atom. The van der Waals surface area contributed by atoms with Gasteiger partial charge in [0.05, 0.1) is 12.0 Å². The van der Waals surface area contributed by atoms with Crippen LogP contribution in [-0.2, 0) is 11.3 Å². The molecule has 3 heteroatoms. The van der Waals surface area contributed by atoms with E-state index in [1.807, 2.05) is 42.5 Å². The van der Waals surface area contributed by atoms with Crippen LogP contribution in [0, 0.1) is 5.92 Å². The maximum absolute atomic E-state index is 13.1. The molecule has 0 spiro atoms. The average Bonchev–Trinajstić information content (AvgIpc) is 3.22. The fourth-order valence-electron chi connectivity index (χ4n) is 3.94. The molecule has 1 aliphatic rings. The van der Waals surface area contributed by atoms with E-state index in [-0.39, 0.29) is 17.9 Å². The zero-order valence-electron chi connectivity index (χ0n) is 16.0. The molecule has 0 saturated carbocycles. The van der Waals surface area contributed by atoms with Crippen molar-refractivity contribution in [2.24, 2.45) is 5.92 Å². The van der Waals surface area contributed by atoms with Crippen LogP contribution in [-0.4, -0.2) is 23.9 Å². The van der Waals surface area contributed by atoms with E-state index in [2.05, 4.69) is 58.7 Å². The highest BCUT2D eigenvalue weighted by molar-refractivity contribution is 5.80. The minimum absolute atomic E-state index is 0.0404. The molecule has 1 fully saturated rings. The second-order valence-corrected chi connectivity index (χ2v) is 7.47. The van der Waals surface area contributed by atoms with Crippen molar-refractivity contribution in [1.29, 1.82) is 0 Å². The van der Waals surface area contributed by atoms with Gasteiger partial charge < -0.3 is 5.32 Å². The Balaban J connectivity index is 1.43. The third kappa shape index (κ3) is 4.49. The summed E-state index contributed by atoms with van der Waals surface area (Å²) in [6.07, 6.45) is 0.912. The summed E-state index contributed by atoms with van der Waals surface area (Å²) >= 11 is 0. The first-order chi connectivity index (χ1) is 13.8. The zero-order valence-corrected chi connectivity index (χ0v) is 16.0. The van der Waals surface area contributed by atoms with E-state index in [9.17, 15) is 4.79 Å². The smallest absolute Gasteiger partial charge is 0.225 e. The maximum atomic E-state index is 13.1. The lowest BCUT2D eigenvalue weighted by Gasteiger charge is -2.22. The molecule has 1 N–H and O–H groups in total. The fourth-order valence-corrected chi connectivity index (χ4v) is 3.94. The van der Waals surface area contributed by atoms with Crippen molar-refractivity contribution >= 4 is 5.91 Å². The second-order valence-electron chi connectivity index (χ2n) is 7.47. The van der Waals surface area contributed by atoms with Gasteiger partial charge >= 0.3 is 0 Å². The molecule has 1 amide bonds. The van der Waals surface area contributed by atoms with Crippen LogP contribution >= 0.6 is 0 Å². The van der Waals surface area contributed by atoms with Crippen LogP contribution in [0.2, 0.25) is 0 Å². The Kier molecular flexibility index (Phi) is 5.83. The van der Waals surface area contributed by atoms with Gasteiger partial charge in [0.1, 0.15) is 0 Å². The number of carbonyl (C=O) groups is 1. The fraction of sp³-hybridized carbons (Fsp3) is 0.240. The minimum atomic E-state index is -0.113. The van der Waals surface area contributed by atoms with Crippen LogP contribution in [0.3, 0.4) is 0 Å². The molecule has 3 nitrogen and oxygen atoms in total. The van der Waals surface area contributed by atoms with Gasteiger partial charge in [0, 0.05) is 13.1 Å². The van der Waals surface area contributed by atoms with E-state index in [1.165, 1.54) is 5.56 Å². The molecule has 0 aromatic heterocycles. The number of carbonyl (C=O) groups excluding carboxylic acids is 1. The van der Waals surface area contributed by atoms with Gasteiger partial charge in [-0.3, -0.25) is 9.69 Å². The van der Waals surface area contributed by atoms with Gasteiger partial charge in [-0.25, -0.2) is 0 Å². The SMILES string of the molecule is O=C(NC(c1ccccc1)c1ccccc1)C1CCN(Cc2ccccc2)C1. The molecule has 1 heterocycles. The number of amides is 1. The average molecular weight is 370 g/mol. The van der Waals surface area contributed by atoms with Crippen LogP contribution in [0.5, 0.6) is 0 Å². The van der Waals surface area contributed by atoms with E-state index in [0.29, 0.717) is 0 Å². The topological polar surface area (TPSA) is 32.3 Å². The minimum Gasteiger partial charge on any atom is -0.345 e. The maximum Gasteiger partial charge on any atom is 0.225 e. The van der Waals surface area contributed by atoms with Gasteiger partial charge in [-0.05, 0) is 29.7 Å². The van der Waals surface area contributed by atoms with E-state index in [0.717, 1.165) is 37.2 Å². The molecule has 0 bridgehead atoms. The summed E-state index contributed by atoms with van der Waals surface area (Å²) in [5.41, 5.74) is 3.53. The summed E-state index contributed by atoms with van der Waals surface area (Å²) in [6, 6.07) is 30.8. The Morgan fingerprint density at radius 3 is 1.96 bits per heavy atom. The van der Waals surface area contributed by atoms with Crippen LogP contribution in [0.25, 0.3) is 0 Å². The van der Waals surface area contributed by atoms with E-state index >= 15 is 0 Å². The van der Waals surface area contributed by atoms with Crippen molar-refractivity contribution in [2.75, 3.05) is 13.1 Å². The normalized spacial score (nSPS) is 17.0. The molecule has 1 aliphatic heterocycles. The number of rotatable bonds is 6. The first-order valence-electron chi connectivity index (χ1n) is 9.96. The van der Waals surface area contributed by atoms with E-state index in [4.69, 9.17) is 0 Å². The summed E-state index contributed by atoms with van der Waals surface area (Å²) < 4.78 is 0. The number of nitrogens with zero attached hydrogens (tertiary/aromatic N) is 1. The molecular formula is C25H26N2O. The van der Waals surface area contributed by atoms with Crippen molar-refractivity contribution in [3.63, 3.8) is 0 Å². The highest BCUT2D eigenvalue weighted by Crippen LogP contribution is 2.24. The van der Waals surface area contributed by atoms with Crippen molar-refractivity contribution in [2.45, 2.75) is 19.0 Å². The molecule has 3 aromatic carbocycles. The van der Waals surface area contributed by atoms with Crippen molar-refractivity contribution in [1.82, 2.24) is 10.2 Å². The predicted molar refractivity (Wildman–Crippen MR) is 113 cm³/mol. The standard InChI is InChI=1S/C25H26N2O/c28-25(23-16-17-27(19-23)18-20-10-4-1-5-11-20)26-24(21-12-6-2-7-13-21)22-14-8-3-9-15-22/h1-15,23-24H,16-19H2,(H,26,28). The second kappa shape index (κ2) is 8.85. The molecule has 28 heavy (non-hydrogen) atoms. The quantitative estimate of drug-likeness (QED) is 0.697. The number of hydrogen-bond acceptors (Lipinski definition) is 2. The number of likely N-dealkylation sites (tertiary alicyclic amines) is 1. The Bertz CT molecular complexity index is 841. The summed E-state index contributed by atoms with van der Waals surface area (Å²) in [4.78, 5) is 15.4. The Hall–Kier alpha value is -2.91. The van der Waals surface area contributed by atoms with Crippen LogP contribution < -0.4 is 5.32 Å².